The number of rotatable bonds is 4. The number of hydrogen-bond donors (Lipinski definition) is 2. The zero-order valence-corrected chi connectivity index (χ0v) is 16.9. The van der Waals surface area contributed by atoms with Gasteiger partial charge in [-0.25, -0.2) is 4.79 Å². The first-order chi connectivity index (χ1) is 14.3. The molecule has 3 aromatic rings. The summed E-state index contributed by atoms with van der Waals surface area (Å²) in [6.45, 7) is 5.88. The maximum Gasteiger partial charge on any atom is 0.328 e. The predicted molar refractivity (Wildman–Crippen MR) is 112 cm³/mol. The van der Waals surface area contributed by atoms with Gasteiger partial charge in [-0.3, -0.25) is 14.2 Å². The number of carbonyl (C=O) groups excluding carboxylic acids is 1. The Kier molecular flexibility index (Phi) is 4.91. The fraction of sp³-hybridized carbons (Fsp3) is 0.227. The van der Waals surface area contributed by atoms with Crippen molar-refractivity contribution < 1.29 is 14.3 Å². The summed E-state index contributed by atoms with van der Waals surface area (Å²) in [6, 6.07) is 9.07. The van der Waals surface area contributed by atoms with E-state index in [0.717, 1.165) is 27.5 Å². The molecular weight excluding hydrogens is 386 g/mol. The molecule has 1 aliphatic rings. The summed E-state index contributed by atoms with van der Waals surface area (Å²) in [7, 11) is 0. The number of ether oxygens (including phenoxy) is 2. The van der Waals surface area contributed by atoms with Gasteiger partial charge in [0.25, 0.3) is 11.5 Å². The van der Waals surface area contributed by atoms with Crippen molar-refractivity contribution in [2.24, 2.45) is 0 Å². The number of anilines is 1. The molecule has 2 N–H and O–H groups in total. The number of fused-ring (bicyclic) bond motifs is 1. The second-order valence-electron chi connectivity index (χ2n) is 7.31. The molecule has 4 rings (SSSR count). The quantitative estimate of drug-likeness (QED) is 0.692. The third kappa shape index (κ3) is 3.59. The predicted octanol–water partition coefficient (Wildman–Crippen LogP) is 2.49. The molecule has 0 fully saturated rings. The number of aromatic nitrogens is 2. The van der Waals surface area contributed by atoms with E-state index in [2.05, 4.69) is 10.3 Å². The lowest BCUT2D eigenvalue weighted by molar-refractivity contribution is 0.102. The van der Waals surface area contributed by atoms with Crippen LogP contribution in [0.5, 0.6) is 11.5 Å². The Labute approximate surface area is 172 Å². The van der Waals surface area contributed by atoms with Crippen LogP contribution in [0.15, 0.2) is 46.1 Å². The summed E-state index contributed by atoms with van der Waals surface area (Å²) in [4.78, 5) is 40.5. The van der Waals surface area contributed by atoms with Crippen LogP contribution in [0.4, 0.5) is 5.69 Å². The summed E-state index contributed by atoms with van der Waals surface area (Å²) >= 11 is 0. The van der Waals surface area contributed by atoms with Crippen LogP contribution >= 0.6 is 0 Å². The van der Waals surface area contributed by atoms with E-state index in [0.29, 0.717) is 22.7 Å². The molecule has 0 atom stereocenters. The average Bonchev–Trinajstić information content (AvgIpc) is 3.15. The standard InChI is InChI=1S/C22H21N3O5/c1-12-6-13(2)19(14(3)7-12)24-20(26)16-9-23-22(28)25(21(16)27)10-15-4-5-17-18(8-15)30-11-29-17/h4-9H,10-11H2,1-3H3,(H,23,28)(H,24,26). The number of benzene rings is 2. The van der Waals surface area contributed by atoms with Crippen molar-refractivity contribution in [3.8, 4) is 11.5 Å². The Bertz CT molecular complexity index is 1250. The Balaban J connectivity index is 1.65. The number of aryl methyl sites for hydroxylation is 3. The van der Waals surface area contributed by atoms with Gasteiger partial charge in [0.1, 0.15) is 5.56 Å². The lowest BCUT2D eigenvalue weighted by Gasteiger charge is -2.13. The molecule has 30 heavy (non-hydrogen) atoms. The van der Waals surface area contributed by atoms with Gasteiger partial charge in [0, 0.05) is 11.9 Å². The first-order valence-corrected chi connectivity index (χ1v) is 9.44. The molecule has 8 nitrogen and oxygen atoms in total. The third-order valence-electron chi connectivity index (χ3n) is 5.00. The topological polar surface area (TPSA) is 102 Å². The van der Waals surface area contributed by atoms with Gasteiger partial charge < -0.3 is 19.8 Å². The molecule has 1 amide bonds. The number of carbonyl (C=O) groups is 1. The fourth-order valence-electron chi connectivity index (χ4n) is 3.60. The lowest BCUT2D eigenvalue weighted by atomic mass is 10.0. The van der Waals surface area contributed by atoms with E-state index >= 15 is 0 Å². The Hall–Kier alpha value is -3.81. The van der Waals surface area contributed by atoms with Gasteiger partial charge in [0.2, 0.25) is 6.79 Å². The zero-order valence-electron chi connectivity index (χ0n) is 16.9. The lowest BCUT2D eigenvalue weighted by Crippen LogP contribution is -2.39. The Morgan fingerprint density at radius 1 is 1.07 bits per heavy atom. The van der Waals surface area contributed by atoms with E-state index in [-0.39, 0.29) is 18.9 Å². The second-order valence-corrected chi connectivity index (χ2v) is 7.31. The summed E-state index contributed by atoms with van der Waals surface area (Å²) in [5.41, 5.74) is 2.78. The minimum atomic E-state index is -0.670. The van der Waals surface area contributed by atoms with Crippen molar-refractivity contribution in [3.63, 3.8) is 0 Å². The van der Waals surface area contributed by atoms with Crippen LogP contribution in [-0.2, 0) is 6.54 Å². The number of amides is 1. The molecule has 2 aromatic carbocycles. The molecular formula is C22H21N3O5. The van der Waals surface area contributed by atoms with Crippen molar-refractivity contribution in [1.82, 2.24) is 9.55 Å². The highest BCUT2D eigenvalue weighted by Gasteiger charge is 2.18. The van der Waals surface area contributed by atoms with Crippen LogP contribution in [0.25, 0.3) is 0 Å². The molecule has 0 radical (unpaired) electrons. The smallest absolute Gasteiger partial charge is 0.328 e. The number of hydrogen-bond acceptors (Lipinski definition) is 5. The third-order valence-corrected chi connectivity index (χ3v) is 5.00. The minimum Gasteiger partial charge on any atom is -0.454 e. The van der Waals surface area contributed by atoms with Crippen molar-refractivity contribution >= 4 is 11.6 Å². The van der Waals surface area contributed by atoms with Gasteiger partial charge in [-0.15, -0.1) is 0 Å². The fourth-order valence-corrected chi connectivity index (χ4v) is 3.60. The maximum atomic E-state index is 12.9. The van der Waals surface area contributed by atoms with Crippen LogP contribution < -0.4 is 26.0 Å². The van der Waals surface area contributed by atoms with Crippen LogP contribution in [0.3, 0.4) is 0 Å². The molecule has 0 spiro atoms. The Morgan fingerprint density at radius 3 is 2.50 bits per heavy atom. The second kappa shape index (κ2) is 7.55. The molecule has 0 bridgehead atoms. The normalized spacial score (nSPS) is 12.1. The molecule has 0 unspecified atom stereocenters. The van der Waals surface area contributed by atoms with E-state index in [1.54, 1.807) is 18.2 Å². The van der Waals surface area contributed by atoms with Crippen molar-refractivity contribution in [3.05, 3.63) is 85.2 Å². The highest BCUT2D eigenvalue weighted by atomic mass is 16.7. The number of aromatic amines is 1. The highest BCUT2D eigenvalue weighted by molar-refractivity contribution is 6.04. The van der Waals surface area contributed by atoms with E-state index in [1.165, 1.54) is 0 Å². The van der Waals surface area contributed by atoms with Gasteiger partial charge >= 0.3 is 5.69 Å². The van der Waals surface area contributed by atoms with Crippen molar-refractivity contribution in [2.75, 3.05) is 12.1 Å². The number of nitrogens with one attached hydrogen (secondary N) is 2. The molecule has 154 valence electrons. The van der Waals surface area contributed by atoms with Crippen LogP contribution in [0, 0.1) is 20.8 Å². The van der Waals surface area contributed by atoms with Crippen molar-refractivity contribution in [1.29, 1.82) is 0 Å². The average molecular weight is 407 g/mol. The first-order valence-electron chi connectivity index (χ1n) is 9.44. The van der Waals surface area contributed by atoms with Gasteiger partial charge in [-0.2, -0.15) is 0 Å². The summed E-state index contributed by atoms with van der Waals surface area (Å²) < 4.78 is 11.6. The summed E-state index contributed by atoms with van der Waals surface area (Å²) in [5.74, 6) is 0.582. The molecule has 2 heterocycles. The number of nitrogens with zero attached hydrogens (tertiary/aromatic N) is 1. The zero-order chi connectivity index (χ0) is 21.4. The largest absolute Gasteiger partial charge is 0.454 e. The van der Waals surface area contributed by atoms with Crippen LogP contribution in [0.1, 0.15) is 32.6 Å². The van der Waals surface area contributed by atoms with Gasteiger partial charge in [-0.1, -0.05) is 23.8 Å². The molecule has 8 heteroatoms. The number of H-pyrrole nitrogens is 1. The Morgan fingerprint density at radius 2 is 1.77 bits per heavy atom. The highest BCUT2D eigenvalue weighted by Crippen LogP contribution is 2.32. The van der Waals surface area contributed by atoms with Gasteiger partial charge in [-0.05, 0) is 49.6 Å². The van der Waals surface area contributed by atoms with Gasteiger partial charge in [0.15, 0.2) is 11.5 Å². The van der Waals surface area contributed by atoms with E-state index in [1.807, 2.05) is 32.9 Å². The monoisotopic (exact) mass is 407 g/mol. The van der Waals surface area contributed by atoms with Crippen LogP contribution in [-0.4, -0.2) is 22.3 Å². The van der Waals surface area contributed by atoms with E-state index in [4.69, 9.17) is 9.47 Å². The van der Waals surface area contributed by atoms with Crippen molar-refractivity contribution in [2.45, 2.75) is 27.3 Å². The maximum absolute atomic E-state index is 12.9. The van der Waals surface area contributed by atoms with E-state index < -0.39 is 17.2 Å². The SMILES string of the molecule is Cc1cc(C)c(NC(=O)c2c[nH]c(=O)n(Cc3ccc4c(c3)OCO4)c2=O)c(C)c1. The molecule has 0 saturated carbocycles. The molecule has 1 aromatic heterocycles. The van der Waals surface area contributed by atoms with E-state index in [9.17, 15) is 14.4 Å². The van der Waals surface area contributed by atoms with Crippen LogP contribution in [0.2, 0.25) is 0 Å². The summed E-state index contributed by atoms with van der Waals surface area (Å²) in [5, 5.41) is 2.80. The molecule has 0 aliphatic carbocycles. The summed E-state index contributed by atoms with van der Waals surface area (Å²) in [6.07, 6.45) is 1.15. The van der Waals surface area contributed by atoms with Gasteiger partial charge in [0.05, 0.1) is 6.54 Å². The minimum absolute atomic E-state index is 0.00544. The molecule has 0 saturated heterocycles. The molecule has 1 aliphatic heterocycles. The first kappa shape index (κ1) is 19.5.